The molecule has 2 aromatic rings. The standard InChI is InChI=1S/C20H31N3O2/c1-7-23-16(6)20(15(5)22-23)14(4)21-12-19(24)17-9-8-10-18(11-17)25-13(2)3/h8-11,13-14,19,21,24H,7,12H2,1-6H3. The Labute approximate surface area is 151 Å². The van der Waals surface area contributed by atoms with Crippen molar-refractivity contribution in [1.82, 2.24) is 15.1 Å². The van der Waals surface area contributed by atoms with Gasteiger partial charge in [-0.15, -0.1) is 0 Å². The second-order valence-corrected chi connectivity index (χ2v) is 6.79. The van der Waals surface area contributed by atoms with Crippen LogP contribution < -0.4 is 10.1 Å². The maximum atomic E-state index is 10.5. The molecule has 0 aliphatic rings. The summed E-state index contributed by atoms with van der Waals surface area (Å²) in [5.41, 5.74) is 4.30. The first-order chi connectivity index (χ1) is 11.8. The van der Waals surface area contributed by atoms with Gasteiger partial charge in [-0.05, 0) is 59.2 Å². The molecule has 2 atom stereocenters. The Bertz CT molecular complexity index is 694. The highest BCUT2D eigenvalue weighted by Gasteiger charge is 2.18. The molecule has 5 heteroatoms. The van der Waals surface area contributed by atoms with Crippen LogP contribution in [0.25, 0.3) is 0 Å². The van der Waals surface area contributed by atoms with E-state index < -0.39 is 6.10 Å². The van der Waals surface area contributed by atoms with E-state index in [1.54, 1.807) is 0 Å². The van der Waals surface area contributed by atoms with Gasteiger partial charge in [0, 0.05) is 30.4 Å². The zero-order valence-electron chi connectivity index (χ0n) is 16.2. The molecule has 0 fully saturated rings. The molecule has 0 radical (unpaired) electrons. The fourth-order valence-electron chi connectivity index (χ4n) is 3.22. The SMILES string of the molecule is CCn1nc(C)c(C(C)NCC(O)c2cccc(OC(C)C)c2)c1C. The smallest absolute Gasteiger partial charge is 0.120 e. The number of ether oxygens (including phenoxy) is 1. The van der Waals surface area contributed by atoms with Crippen LogP contribution in [0.2, 0.25) is 0 Å². The molecule has 0 saturated heterocycles. The Hall–Kier alpha value is -1.85. The third-order valence-electron chi connectivity index (χ3n) is 4.40. The Balaban J connectivity index is 2.02. The van der Waals surface area contributed by atoms with Gasteiger partial charge in [-0.1, -0.05) is 12.1 Å². The highest BCUT2D eigenvalue weighted by molar-refractivity contribution is 5.31. The quantitative estimate of drug-likeness (QED) is 0.766. The van der Waals surface area contributed by atoms with Crippen LogP contribution in [0, 0.1) is 13.8 Å². The van der Waals surface area contributed by atoms with E-state index >= 15 is 0 Å². The Morgan fingerprint density at radius 1 is 1.24 bits per heavy atom. The summed E-state index contributed by atoms with van der Waals surface area (Å²) >= 11 is 0. The molecule has 1 heterocycles. The van der Waals surface area contributed by atoms with Gasteiger partial charge in [0.15, 0.2) is 0 Å². The summed E-state index contributed by atoms with van der Waals surface area (Å²) in [4.78, 5) is 0. The van der Waals surface area contributed by atoms with Crippen LogP contribution >= 0.6 is 0 Å². The molecule has 0 aliphatic heterocycles. The van der Waals surface area contributed by atoms with Crippen LogP contribution in [0.1, 0.15) is 62.4 Å². The first kappa shape index (κ1) is 19.5. The summed E-state index contributed by atoms with van der Waals surface area (Å²) in [6.45, 7) is 13.7. The predicted octanol–water partition coefficient (Wildman–Crippen LogP) is 3.69. The van der Waals surface area contributed by atoms with Gasteiger partial charge in [-0.3, -0.25) is 4.68 Å². The van der Waals surface area contributed by atoms with E-state index in [9.17, 15) is 5.11 Å². The fraction of sp³-hybridized carbons (Fsp3) is 0.550. The van der Waals surface area contributed by atoms with Crippen molar-refractivity contribution in [2.24, 2.45) is 0 Å². The van der Waals surface area contributed by atoms with Crippen molar-refractivity contribution in [2.45, 2.75) is 66.3 Å². The van der Waals surface area contributed by atoms with Crippen molar-refractivity contribution < 1.29 is 9.84 Å². The van der Waals surface area contributed by atoms with Gasteiger partial charge in [0.1, 0.15) is 5.75 Å². The first-order valence-electron chi connectivity index (χ1n) is 9.05. The molecule has 25 heavy (non-hydrogen) atoms. The number of aliphatic hydroxyl groups is 1. The topological polar surface area (TPSA) is 59.3 Å². The van der Waals surface area contributed by atoms with Crippen LogP contribution in [0.3, 0.4) is 0 Å². The highest BCUT2D eigenvalue weighted by Crippen LogP contribution is 2.23. The van der Waals surface area contributed by atoms with Gasteiger partial charge in [0.05, 0.1) is 17.9 Å². The Morgan fingerprint density at radius 2 is 1.96 bits per heavy atom. The number of nitrogens with zero attached hydrogens (tertiary/aromatic N) is 2. The van der Waals surface area contributed by atoms with Gasteiger partial charge < -0.3 is 15.2 Å². The molecular weight excluding hydrogens is 314 g/mol. The van der Waals surface area contributed by atoms with Gasteiger partial charge in [0.25, 0.3) is 0 Å². The second-order valence-electron chi connectivity index (χ2n) is 6.79. The number of aryl methyl sites for hydroxylation is 2. The average Bonchev–Trinajstić information content (AvgIpc) is 2.85. The molecule has 1 aromatic heterocycles. The molecule has 2 rings (SSSR count). The van der Waals surface area contributed by atoms with Crippen molar-refractivity contribution >= 4 is 0 Å². The average molecular weight is 345 g/mol. The van der Waals surface area contributed by atoms with Crippen LogP contribution in [0.15, 0.2) is 24.3 Å². The lowest BCUT2D eigenvalue weighted by atomic mass is 10.0. The Kier molecular flexibility index (Phi) is 6.62. The minimum Gasteiger partial charge on any atom is -0.491 e. The summed E-state index contributed by atoms with van der Waals surface area (Å²) in [5.74, 6) is 0.788. The predicted molar refractivity (Wildman–Crippen MR) is 101 cm³/mol. The van der Waals surface area contributed by atoms with Crippen LogP contribution in [-0.4, -0.2) is 27.5 Å². The van der Waals surface area contributed by atoms with Crippen LogP contribution in [-0.2, 0) is 6.54 Å². The van der Waals surface area contributed by atoms with Gasteiger partial charge >= 0.3 is 0 Å². The lowest BCUT2D eigenvalue weighted by molar-refractivity contribution is 0.169. The van der Waals surface area contributed by atoms with E-state index in [0.29, 0.717) is 6.54 Å². The van der Waals surface area contributed by atoms with Crippen molar-refractivity contribution in [1.29, 1.82) is 0 Å². The number of rotatable bonds is 8. The molecule has 0 amide bonds. The molecule has 0 saturated carbocycles. The third-order valence-corrected chi connectivity index (χ3v) is 4.40. The number of benzene rings is 1. The van der Waals surface area contributed by atoms with E-state index in [0.717, 1.165) is 23.6 Å². The number of hydrogen-bond donors (Lipinski definition) is 2. The van der Waals surface area contributed by atoms with E-state index in [2.05, 4.69) is 31.2 Å². The van der Waals surface area contributed by atoms with Gasteiger partial charge in [0.2, 0.25) is 0 Å². The van der Waals surface area contributed by atoms with Crippen molar-refractivity contribution in [3.05, 3.63) is 46.8 Å². The summed E-state index contributed by atoms with van der Waals surface area (Å²) in [6, 6.07) is 7.79. The second kappa shape index (κ2) is 8.50. The normalized spacial score (nSPS) is 13.9. The molecule has 0 spiro atoms. The van der Waals surface area contributed by atoms with Gasteiger partial charge in [-0.2, -0.15) is 5.10 Å². The molecule has 1 aromatic carbocycles. The zero-order chi connectivity index (χ0) is 18.6. The van der Waals surface area contributed by atoms with Crippen molar-refractivity contribution in [3.63, 3.8) is 0 Å². The minimum atomic E-state index is -0.583. The molecule has 2 unspecified atom stereocenters. The summed E-state index contributed by atoms with van der Waals surface area (Å²) in [5, 5.41) is 18.5. The lowest BCUT2D eigenvalue weighted by Crippen LogP contribution is -2.25. The molecular formula is C20H31N3O2. The van der Waals surface area contributed by atoms with Gasteiger partial charge in [-0.25, -0.2) is 0 Å². The maximum Gasteiger partial charge on any atom is 0.120 e. The monoisotopic (exact) mass is 345 g/mol. The van der Waals surface area contributed by atoms with Crippen molar-refractivity contribution in [2.75, 3.05) is 6.54 Å². The van der Waals surface area contributed by atoms with E-state index in [4.69, 9.17) is 4.74 Å². The van der Waals surface area contributed by atoms with E-state index in [-0.39, 0.29) is 12.1 Å². The number of aromatic nitrogens is 2. The molecule has 138 valence electrons. The zero-order valence-corrected chi connectivity index (χ0v) is 16.2. The van der Waals surface area contributed by atoms with Crippen molar-refractivity contribution in [3.8, 4) is 5.75 Å². The summed E-state index contributed by atoms with van der Waals surface area (Å²) in [7, 11) is 0. The molecule has 0 aliphatic carbocycles. The fourth-order valence-corrected chi connectivity index (χ4v) is 3.22. The maximum absolute atomic E-state index is 10.5. The lowest BCUT2D eigenvalue weighted by Gasteiger charge is -2.19. The number of aliphatic hydroxyl groups excluding tert-OH is 1. The minimum absolute atomic E-state index is 0.117. The largest absolute Gasteiger partial charge is 0.491 e. The first-order valence-corrected chi connectivity index (χ1v) is 9.05. The summed E-state index contributed by atoms with van der Waals surface area (Å²) < 4.78 is 7.72. The molecule has 2 N–H and O–H groups in total. The Morgan fingerprint density at radius 3 is 2.56 bits per heavy atom. The van der Waals surface area contributed by atoms with E-state index in [1.807, 2.05) is 49.7 Å². The third kappa shape index (κ3) is 4.83. The number of hydrogen-bond acceptors (Lipinski definition) is 4. The van der Waals surface area contributed by atoms with Crippen LogP contribution in [0.5, 0.6) is 5.75 Å². The van der Waals surface area contributed by atoms with E-state index in [1.165, 1.54) is 11.3 Å². The summed E-state index contributed by atoms with van der Waals surface area (Å²) in [6.07, 6.45) is -0.466. The molecule has 5 nitrogen and oxygen atoms in total. The molecule has 0 bridgehead atoms. The van der Waals surface area contributed by atoms with Crippen LogP contribution in [0.4, 0.5) is 0 Å². The number of nitrogens with one attached hydrogen (secondary N) is 1. The highest BCUT2D eigenvalue weighted by atomic mass is 16.5.